The maximum Gasteiger partial charge on any atom is 0.250 e. The van der Waals surface area contributed by atoms with Gasteiger partial charge in [-0.1, -0.05) is 127 Å². The zero-order chi connectivity index (χ0) is 56.2. The Morgan fingerprint density at radius 3 is 0.958 bits per heavy atom. The molecule has 5 N–H and O–H groups in total. The molecule has 0 aliphatic rings. The summed E-state index contributed by atoms with van der Waals surface area (Å²) in [6.07, 6.45) is -1.00. The van der Waals surface area contributed by atoms with E-state index in [9.17, 15) is 24.3 Å². The second-order valence-corrected chi connectivity index (χ2v) is 49.4. The SMILES string of the molecule is CC(C)(Br)C(=O)NC(Cc1ccc(O[Si](C)(C)C(C)(C)C)c(O[Si](C)(C)C(C)(C)C)c1)C(=O)NCC(O)CNC(=O)C(Cc1ccc(O[Si](C)(C)C(C)(C)C)c(O[Si](C)(C)C(C)(C)C)c1)NC(=O)C(C)(C)Br. The summed E-state index contributed by atoms with van der Waals surface area (Å²) in [5.41, 5.74) is 1.48. The fourth-order valence-electron chi connectivity index (χ4n) is 5.70. The second-order valence-electron chi connectivity index (χ2n) is 26.6. The number of alkyl halides is 2. The molecular formula is C53H94Br2N4O9Si4. The molecule has 2 aromatic rings. The van der Waals surface area contributed by atoms with E-state index < -0.39 is 83.7 Å². The Bertz CT molecular complexity index is 2060. The number of nitrogens with one attached hydrogen (secondary N) is 4. The van der Waals surface area contributed by atoms with Crippen molar-refractivity contribution in [2.24, 2.45) is 0 Å². The van der Waals surface area contributed by atoms with Crippen molar-refractivity contribution in [3.8, 4) is 23.0 Å². The van der Waals surface area contributed by atoms with E-state index >= 15 is 0 Å². The minimum Gasteiger partial charge on any atom is -0.541 e. The van der Waals surface area contributed by atoms with Crippen molar-refractivity contribution in [2.75, 3.05) is 13.1 Å². The van der Waals surface area contributed by atoms with Gasteiger partial charge in [-0.3, -0.25) is 19.2 Å². The van der Waals surface area contributed by atoms with Gasteiger partial charge in [0, 0.05) is 25.9 Å². The van der Waals surface area contributed by atoms with Crippen LogP contribution in [0.2, 0.25) is 72.5 Å². The summed E-state index contributed by atoms with van der Waals surface area (Å²) in [6.45, 7) is 49.8. The second kappa shape index (κ2) is 23.7. The Labute approximate surface area is 455 Å². The van der Waals surface area contributed by atoms with Gasteiger partial charge in [0.25, 0.3) is 33.3 Å². The highest BCUT2D eigenvalue weighted by Crippen LogP contribution is 2.46. The molecule has 4 amide bonds. The number of amides is 4. The zero-order valence-electron chi connectivity index (χ0n) is 48.5. The first-order valence-corrected chi connectivity index (χ1v) is 38.5. The van der Waals surface area contributed by atoms with E-state index in [-0.39, 0.29) is 46.1 Å². The van der Waals surface area contributed by atoms with E-state index in [0.717, 1.165) is 11.1 Å². The van der Waals surface area contributed by atoms with E-state index in [0.29, 0.717) is 23.0 Å². The molecule has 0 aliphatic carbocycles. The molecule has 2 unspecified atom stereocenters. The lowest BCUT2D eigenvalue weighted by Crippen LogP contribution is -2.54. The summed E-state index contributed by atoms with van der Waals surface area (Å²) in [5, 5.41) is 22.3. The molecule has 2 atom stereocenters. The first-order chi connectivity index (χ1) is 32.0. The monoisotopic (exact) mass is 1200 g/mol. The number of hydrogen-bond acceptors (Lipinski definition) is 9. The van der Waals surface area contributed by atoms with Crippen LogP contribution in [-0.4, -0.2) is 102 Å². The van der Waals surface area contributed by atoms with Crippen LogP contribution in [-0.2, 0) is 32.0 Å². The first-order valence-electron chi connectivity index (χ1n) is 25.3. The Morgan fingerprint density at radius 1 is 0.472 bits per heavy atom. The molecule has 0 saturated carbocycles. The molecule has 0 aromatic heterocycles. The van der Waals surface area contributed by atoms with Gasteiger partial charge in [-0.2, -0.15) is 0 Å². The number of aliphatic hydroxyl groups excluding tert-OH is 1. The summed E-state index contributed by atoms with van der Waals surface area (Å²) in [7, 11) is -9.28. The van der Waals surface area contributed by atoms with Crippen molar-refractivity contribution < 1.29 is 42.0 Å². The highest BCUT2D eigenvalue weighted by atomic mass is 79.9. The fraction of sp³-hybridized carbons (Fsp3) is 0.698. The Hall–Kier alpha value is -2.69. The van der Waals surface area contributed by atoms with Gasteiger partial charge in [-0.05, 0) is 136 Å². The quantitative estimate of drug-likeness (QED) is 0.0568. The van der Waals surface area contributed by atoms with E-state index in [2.05, 4.69) is 189 Å². The molecule has 410 valence electrons. The minimum atomic E-state index is -2.36. The molecule has 0 saturated heterocycles. The highest BCUT2D eigenvalue weighted by Gasteiger charge is 2.44. The van der Waals surface area contributed by atoms with Crippen LogP contribution >= 0.6 is 31.9 Å². The Kier molecular flexibility index (Phi) is 21.5. The van der Waals surface area contributed by atoms with Gasteiger partial charge in [0.05, 0.1) is 14.8 Å². The number of rotatable bonds is 22. The summed E-state index contributed by atoms with van der Waals surface area (Å²) in [4.78, 5) is 54.9. The van der Waals surface area contributed by atoms with Crippen molar-refractivity contribution in [1.82, 2.24) is 21.3 Å². The maximum absolute atomic E-state index is 14.1. The maximum atomic E-state index is 14.1. The molecule has 2 rings (SSSR count). The topological polar surface area (TPSA) is 174 Å². The van der Waals surface area contributed by atoms with Gasteiger partial charge in [-0.25, -0.2) is 0 Å². The van der Waals surface area contributed by atoms with Gasteiger partial charge in [0.2, 0.25) is 23.6 Å². The molecule has 0 aliphatic heterocycles. The molecule has 13 nitrogen and oxygen atoms in total. The van der Waals surface area contributed by atoms with Crippen LogP contribution in [0, 0.1) is 0 Å². The number of carbonyl (C=O) groups is 4. The minimum absolute atomic E-state index is 0.0654. The van der Waals surface area contributed by atoms with E-state index in [4.69, 9.17) is 17.7 Å². The van der Waals surface area contributed by atoms with Crippen LogP contribution in [0.1, 0.15) is 122 Å². The van der Waals surface area contributed by atoms with Crippen molar-refractivity contribution in [1.29, 1.82) is 0 Å². The average molecular weight is 1200 g/mol. The molecule has 72 heavy (non-hydrogen) atoms. The van der Waals surface area contributed by atoms with Gasteiger partial charge >= 0.3 is 0 Å². The van der Waals surface area contributed by atoms with E-state index in [1.165, 1.54) is 0 Å². The molecule has 0 radical (unpaired) electrons. The standard InChI is InChI=1S/C53H94Br2N4O9Si4/c1-48(2,3)69(17,18)65-40-27-25-35(31-42(40)67-71(21,22)50(7,8)9)29-38(58-46(63)52(13,14)54)44(61)56-33-37(60)34-57-45(62)39(59-47(64)53(15,16)55)30-36-26-28-41(66-70(19,20)49(4,5)6)43(32-36)68-72(23,24)51(10,11)12/h25-28,31-32,37-39,60H,29-30,33-34H2,1-24H3,(H,56,61)(H,57,62)(H,58,63)(H,59,64). The van der Waals surface area contributed by atoms with Crippen LogP contribution in [0.5, 0.6) is 23.0 Å². The van der Waals surface area contributed by atoms with Gasteiger partial charge < -0.3 is 44.1 Å². The number of hydrogen-bond donors (Lipinski definition) is 5. The van der Waals surface area contributed by atoms with Crippen LogP contribution in [0.4, 0.5) is 0 Å². The molecule has 0 bridgehead atoms. The average Bonchev–Trinajstić information content (AvgIpc) is 3.17. The number of carbonyl (C=O) groups excluding carboxylic acids is 4. The van der Waals surface area contributed by atoms with E-state index in [1.54, 1.807) is 27.7 Å². The lowest BCUT2D eigenvalue weighted by Gasteiger charge is -2.40. The third kappa shape index (κ3) is 18.8. The number of aliphatic hydroxyl groups is 1. The zero-order valence-corrected chi connectivity index (χ0v) is 55.7. The predicted octanol–water partition coefficient (Wildman–Crippen LogP) is 11.9. The van der Waals surface area contributed by atoms with Crippen LogP contribution in [0.25, 0.3) is 0 Å². The highest BCUT2D eigenvalue weighted by molar-refractivity contribution is 9.10. The van der Waals surface area contributed by atoms with Crippen LogP contribution in [0.3, 0.4) is 0 Å². The lowest BCUT2D eigenvalue weighted by molar-refractivity contribution is -0.130. The van der Waals surface area contributed by atoms with Gasteiger partial charge in [0.15, 0.2) is 0 Å². The molecule has 2 aromatic carbocycles. The van der Waals surface area contributed by atoms with Crippen molar-refractivity contribution >= 4 is 88.8 Å². The third-order valence-electron chi connectivity index (χ3n) is 14.9. The summed E-state index contributed by atoms with van der Waals surface area (Å²) < 4.78 is 25.4. The van der Waals surface area contributed by atoms with Crippen LogP contribution < -0.4 is 39.0 Å². The molecular weight excluding hydrogens is 1110 g/mol. The third-order valence-corrected chi connectivity index (χ3v) is 33.0. The largest absolute Gasteiger partial charge is 0.541 e. The first kappa shape index (κ1) is 65.4. The van der Waals surface area contributed by atoms with Gasteiger partial charge in [0.1, 0.15) is 35.1 Å². The van der Waals surface area contributed by atoms with Gasteiger partial charge in [-0.15, -0.1) is 0 Å². The summed E-state index contributed by atoms with van der Waals surface area (Å²) in [5.74, 6) is 0.640. The van der Waals surface area contributed by atoms with Crippen molar-refractivity contribution in [3.63, 3.8) is 0 Å². The van der Waals surface area contributed by atoms with Crippen molar-refractivity contribution in [3.05, 3.63) is 47.5 Å². The fourth-order valence-corrected chi connectivity index (χ4v) is 10.0. The Morgan fingerprint density at radius 2 is 0.722 bits per heavy atom. The predicted molar refractivity (Wildman–Crippen MR) is 313 cm³/mol. The van der Waals surface area contributed by atoms with Crippen LogP contribution in [0.15, 0.2) is 36.4 Å². The molecule has 0 spiro atoms. The molecule has 0 heterocycles. The summed E-state index contributed by atoms with van der Waals surface area (Å²) >= 11 is 6.86. The normalized spacial score (nSPS) is 14.9. The lowest BCUT2D eigenvalue weighted by atomic mass is 10.0. The molecule has 0 fully saturated rings. The smallest absolute Gasteiger partial charge is 0.250 e. The summed E-state index contributed by atoms with van der Waals surface area (Å²) in [6, 6.07) is 9.31. The number of benzene rings is 2. The van der Waals surface area contributed by atoms with Crippen molar-refractivity contribution in [2.45, 2.75) is 223 Å². The number of halogens is 2. The molecule has 19 heteroatoms. The Balaban J connectivity index is 2.45. The van der Waals surface area contributed by atoms with E-state index in [1.807, 2.05) is 36.4 Å².